The first kappa shape index (κ1) is 14.4. The highest BCUT2D eigenvalue weighted by molar-refractivity contribution is 7.90. The van der Waals surface area contributed by atoms with E-state index in [0.29, 0.717) is 18.9 Å². The van der Waals surface area contributed by atoms with Gasteiger partial charge in [0.15, 0.2) is 10.2 Å². The lowest BCUT2D eigenvalue weighted by atomic mass is 10.5. The van der Waals surface area contributed by atoms with Crippen molar-refractivity contribution in [3.63, 3.8) is 0 Å². The molecule has 0 bridgehead atoms. The SMILES string of the molecule is O=S(=O)(Cc1csc(N2CCOCC2)n1)c1ccccn1. The van der Waals surface area contributed by atoms with Crippen molar-refractivity contribution in [2.75, 3.05) is 31.2 Å². The minimum atomic E-state index is -3.44. The minimum Gasteiger partial charge on any atom is -0.378 e. The Bertz CT molecular complexity index is 694. The fourth-order valence-corrected chi connectivity index (χ4v) is 4.24. The Labute approximate surface area is 127 Å². The molecule has 112 valence electrons. The fraction of sp³-hybridized carbons (Fsp3) is 0.385. The molecule has 1 aliphatic heterocycles. The van der Waals surface area contributed by atoms with Crippen LogP contribution < -0.4 is 4.90 Å². The van der Waals surface area contributed by atoms with Crippen molar-refractivity contribution in [2.45, 2.75) is 10.8 Å². The van der Waals surface area contributed by atoms with Gasteiger partial charge in [-0.15, -0.1) is 11.3 Å². The summed E-state index contributed by atoms with van der Waals surface area (Å²) in [5, 5.41) is 2.74. The largest absolute Gasteiger partial charge is 0.378 e. The summed E-state index contributed by atoms with van der Waals surface area (Å²) in [5.74, 6) is -0.120. The van der Waals surface area contributed by atoms with Gasteiger partial charge in [-0.3, -0.25) is 0 Å². The molecule has 8 heteroatoms. The van der Waals surface area contributed by atoms with Crippen LogP contribution in [0.15, 0.2) is 34.8 Å². The van der Waals surface area contributed by atoms with Crippen molar-refractivity contribution in [1.29, 1.82) is 0 Å². The second-order valence-electron chi connectivity index (χ2n) is 4.65. The van der Waals surface area contributed by atoms with Crippen LogP contribution >= 0.6 is 11.3 Å². The van der Waals surface area contributed by atoms with Crippen molar-refractivity contribution in [3.8, 4) is 0 Å². The number of ether oxygens (including phenoxy) is 1. The van der Waals surface area contributed by atoms with E-state index < -0.39 is 9.84 Å². The van der Waals surface area contributed by atoms with Crippen molar-refractivity contribution >= 4 is 26.3 Å². The molecule has 0 aromatic carbocycles. The van der Waals surface area contributed by atoms with E-state index in [9.17, 15) is 8.42 Å². The molecule has 2 aromatic rings. The van der Waals surface area contributed by atoms with E-state index in [0.717, 1.165) is 18.2 Å². The number of hydrogen-bond donors (Lipinski definition) is 0. The van der Waals surface area contributed by atoms with Crippen LogP contribution in [0.4, 0.5) is 5.13 Å². The van der Waals surface area contributed by atoms with Crippen molar-refractivity contribution in [3.05, 3.63) is 35.5 Å². The summed E-state index contributed by atoms with van der Waals surface area (Å²) in [5.41, 5.74) is 0.562. The van der Waals surface area contributed by atoms with Gasteiger partial charge in [-0.1, -0.05) is 6.07 Å². The molecule has 0 aliphatic carbocycles. The minimum absolute atomic E-state index is 0.0888. The average molecular weight is 325 g/mol. The van der Waals surface area contributed by atoms with Gasteiger partial charge in [0.1, 0.15) is 0 Å². The highest BCUT2D eigenvalue weighted by atomic mass is 32.2. The monoisotopic (exact) mass is 325 g/mol. The van der Waals surface area contributed by atoms with Crippen LogP contribution in [0, 0.1) is 0 Å². The second-order valence-corrected chi connectivity index (χ2v) is 7.42. The molecule has 0 amide bonds. The predicted molar refractivity (Wildman–Crippen MR) is 80.3 cm³/mol. The van der Waals surface area contributed by atoms with Crippen LogP contribution in [0.25, 0.3) is 0 Å². The zero-order valence-corrected chi connectivity index (χ0v) is 12.9. The molecule has 0 N–H and O–H groups in total. The zero-order chi connectivity index (χ0) is 14.7. The molecule has 0 spiro atoms. The lowest BCUT2D eigenvalue weighted by molar-refractivity contribution is 0.122. The summed E-state index contributed by atoms with van der Waals surface area (Å²) in [6, 6.07) is 4.86. The van der Waals surface area contributed by atoms with Gasteiger partial charge in [-0.25, -0.2) is 18.4 Å². The number of hydrogen-bond acceptors (Lipinski definition) is 7. The second kappa shape index (κ2) is 6.08. The normalized spacial score (nSPS) is 16.1. The first-order chi connectivity index (χ1) is 10.1. The standard InChI is InChI=1S/C13H15N3O3S2/c17-21(18,12-3-1-2-4-14-12)10-11-9-20-13(15-11)16-5-7-19-8-6-16/h1-4,9H,5-8,10H2. The van der Waals surface area contributed by atoms with E-state index in [-0.39, 0.29) is 10.8 Å². The first-order valence-corrected chi connectivity index (χ1v) is 9.09. The molecule has 0 saturated carbocycles. The maximum Gasteiger partial charge on any atom is 0.201 e. The highest BCUT2D eigenvalue weighted by Crippen LogP contribution is 2.23. The van der Waals surface area contributed by atoms with Crippen molar-refractivity contribution in [2.24, 2.45) is 0 Å². The molecular weight excluding hydrogens is 310 g/mol. The number of nitrogens with zero attached hydrogens (tertiary/aromatic N) is 3. The number of thiazole rings is 1. The Morgan fingerprint density at radius 2 is 2.10 bits per heavy atom. The maximum absolute atomic E-state index is 12.3. The fourth-order valence-electron chi connectivity index (χ4n) is 2.06. The van der Waals surface area contributed by atoms with Gasteiger partial charge in [0.05, 0.1) is 24.7 Å². The quantitative estimate of drug-likeness (QED) is 0.845. The molecule has 21 heavy (non-hydrogen) atoms. The Morgan fingerprint density at radius 3 is 2.81 bits per heavy atom. The van der Waals surface area contributed by atoms with E-state index in [1.54, 1.807) is 17.5 Å². The Kier molecular flexibility index (Phi) is 4.18. The van der Waals surface area contributed by atoms with Crippen LogP contribution in [-0.4, -0.2) is 44.7 Å². The summed E-state index contributed by atoms with van der Waals surface area (Å²) in [6.07, 6.45) is 1.48. The van der Waals surface area contributed by atoms with Gasteiger partial charge in [0, 0.05) is 24.7 Å². The number of rotatable bonds is 4. The molecule has 6 nitrogen and oxygen atoms in total. The van der Waals surface area contributed by atoms with Crippen LogP contribution in [-0.2, 0) is 20.3 Å². The molecule has 3 heterocycles. The summed E-state index contributed by atoms with van der Waals surface area (Å²) in [4.78, 5) is 10.4. The molecule has 0 radical (unpaired) electrons. The lowest BCUT2D eigenvalue weighted by Gasteiger charge is -2.26. The molecule has 0 unspecified atom stereocenters. The average Bonchev–Trinajstić information content (AvgIpc) is 2.97. The predicted octanol–water partition coefficient (Wildman–Crippen LogP) is 1.35. The van der Waals surface area contributed by atoms with Crippen LogP contribution in [0.2, 0.25) is 0 Å². The molecule has 0 atom stereocenters. The van der Waals surface area contributed by atoms with Gasteiger partial charge < -0.3 is 9.64 Å². The summed E-state index contributed by atoms with van der Waals surface area (Å²) < 4.78 is 29.8. The summed E-state index contributed by atoms with van der Waals surface area (Å²) in [6.45, 7) is 2.95. The topological polar surface area (TPSA) is 72.4 Å². The smallest absolute Gasteiger partial charge is 0.201 e. The van der Waals surface area contributed by atoms with E-state index in [4.69, 9.17) is 4.74 Å². The third-order valence-corrected chi connectivity index (χ3v) is 5.62. The Hall–Kier alpha value is -1.51. The first-order valence-electron chi connectivity index (χ1n) is 6.56. The molecule has 1 aliphatic rings. The van der Waals surface area contributed by atoms with E-state index >= 15 is 0 Å². The van der Waals surface area contributed by atoms with E-state index in [1.165, 1.54) is 23.6 Å². The maximum atomic E-state index is 12.3. The number of pyridine rings is 1. The molecular formula is C13H15N3O3S2. The lowest BCUT2D eigenvalue weighted by Crippen LogP contribution is -2.36. The number of morpholine rings is 1. The molecule has 1 fully saturated rings. The van der Waals surface area contributed by atoms with Gasteiger partial charge in [0.2, 0.25) is 9.84 Å². The third-order valence-electron chi connectivity index (χ3n) is 3.12. The van der Waals surface area contributed by atoms with Crippen LogP contribution in [0.5, 0.6) is 0 Å². The highest BCUT2D eigenvalue weighted by Gasteiger charge is 2.20. The number of anilines is 1. The van der Waals surface area contributed by atoms with Gasteiger partial charge in [0.25, 0.3) is 0 Å². The van der Waals surface area contributed by atoms with E-state index in [1.807, 2.05) is 0 Å². The Morgan fingerprint density at radius 1 is 1.29 bits per heavy atom. The summed E-state index contributed by atoms with van der Waals surface area (Å²) >= 11 is 1.47. The van der Waals surface area contributed by atoms with Crippen molar-refractivity contribution < 1.29 is 13.2 Å². The van der Waals surface area contributed by atoms with Crippen LogP contribution in [0.1, 0.15) is 5.69 Å². The summed E-state index contributed by atoms with van der Waals surface area (Å²) in [7, 11) is -3.44. The number of aromatic nitrogens is 2. The van der Waals surface area contributed by atoms with Crippen molar-refractivity contribution in [1.82, 2.24) is 9.97 Å². The van der Waals surface area contributed by atoms with Gasteiger partial charge >= 0.3 is 0 Å². The van der Waals surface area contributed by atoms with Gasteiger partial charge in [-0.2, -0.15) is 0 Å². The Balaban J connectivity index is 1.75. The van der Waals surface area contributed by atoms with Gasteiger partial charge in [-0.05, 0) is 12.1 Å². The zero-order valence-electron chi connectivity index (χ0n) is 11.3. The molecule has 2 aromatic heterocycles. The molecule has 1 saturated heterocycles. The number of sulfone groups is 1. The van der Waals surface area contributed by atoms with Crippen LogP contribution in [0.3, 0.4) is 0 Å². The third kappa shape index (κ3) is 3.39. The van der Waals surface area contributed by atoms with E-state index in [2.05, 4.69) is 14.9 Å². The molecule has 3 rings (SSSR count).